The van der Waals surface area contributed by atoms with Crippen LogP contribution in [0.25, 0.3) is 0 Å². The fourth-order valence-electron chi connectivity index (χ4n) is 3.51. The van der Waals surface area contributed by atoms with E-state index in [0.717, 1.165) is 6.54 Å². The minimum Gasteiger partial charge on any atom is -0.374 e. The van der Waals surface area contributed by atoms with Gasteiger partial charge < -0.3 is 4.74 Å². The number of ether oxygens (including phenoxy) is 1. The van der Waals surface area contributed by atoms with Crippen molar-refractivity contribution in [2.45, 2.75) is 57.6 Å². The van der Waals surface area contributed by atoms with Crippen LogP contribution < -0.4 is 4.57 Å². The van der Waals surface area contributed by atoms with Gasteiger partial charge in [0.1, 0.15) is 6.10 Å². The van der Waals surface area contributed by atoms with E-state index >= 15 is 0 Å². The highest BCUT2D eigenvalue weighted by atomic mass is 16.5. The van der Waals surface area contributed by atoms with Crippen LogP contribution in [-0.4, -0.2) is 13.2 Å². The summed E-state index contributed by atoms with van der Waals surface area (Å²) in [6.07, 6.45) is 5.51. The minimum atomic E-state index is 0.140. The third kappa shape index (κ3) is 1.54. The van der Waals surface area contributed by atoms with Crippen LogP contribution in [0.1, 0.15) is 43.6 Å². The number of hydrogen-bond acceptors (Lipinski definition) is 1. The van der Waals surface area contributed by atoms with Gasteiger partial charge in [0.15, 0.2) is 17.9 Å². The van der Waals surface area contributed by atoms with E-state index in [1.165, 1.54) is 31.4 Å². The van der Waals surface area contributed by atoms with E-state index in [4.69, 9.17) is 4.74 Å². The lowest BCUT2D eigenvalue weighted by molar-refractivity contribution is -0.703. The SMILES string of the molecule is COC1C[n+]2c(ccc3c2CCCC3)C1(C)C. The smallest absolute Gasteiger partial charge is 0.190 e. The van der Waals surface area contributed by atoms with Crippen molar-refractivity contribution in [2.75, 3.05) is 7.11 Å². The summed E-state index contributed by atoms with van der Waals surface area (Å²) in [5, 5.41) is 0. The lowest BCUT2D eigenvalue weighted by Crippen LogP contribution is -2.42. The molecule has 0 saturated carbocycles. The Morgan fingerprint density at radius 1 is 1.24 bits per heavy atom. The average molecular weight is 232 g/mol. The summed E-state index contributed by atoms with van der Waals surface area (Å²) in [6.45, 7) is 5.63. The molecule has 0 fully saturated rings. The molecule has 2 nitrogen and oxygen atoms in total. The summed E-state index contributed by atoms with van der Waals surface area (Å²) < 4.78 is 8.21. The molecule has 17 heavy (non-hydrogen) atoms. The minimum absolute atomic E-state index is 0.140. The molecule has 1 aromatic heterocycles. The van der Waals surface area contributed by atoms with Crippen LogP contribution in [0, 0.1) is 0 Å². The first kappa shape index (κ1) is 11.2. The summed E-state index contributed by atoms with van der Waals surface area (Å²) >= 11 is 0. The highest BCUT2D eigenvalue weighted by Crippen LogP contribution is 2.33. The van der Waals surface area contributed by atoms with Crippen LogP contribution in [0.3, 0.4) is 0 Å². The first-order valence-electron chi connectivity index (χ1n) is 6.72. The van der Waals surface area contributed by atoms with Gasteiger partial charge >= 0.3 is 0 Å². The Morgan fingerprint density at radius 3 is 2.76 bits per heavy atom. The standard InChI is InChI=1S/C15H22NO/c1-15(2)13-9-8-11-6-4-5-7-12(11)16(13)10-14(15)17-3/h8-9,14H,4-7,10H2,1-3H3/q+1. The Kier molecular flexibility index (Phi) is 2.51. The molecule has 92 valence electrons. The average Bonchev–Trinajstić information content (AvgIpc) is 2.61. The van der Waals surface area contributed by atoms with Gasteiger partial charge in [0.05, 0.1) is 5.41 Å². The number of nitrogens with zero attached hydrogens (tertiary/aromatic N) is 1. The Morgan fingerprint density at radius 2 is 2.00 bits per heavy atom. The maximum atomic E-state index is 5.68. The Labute approximate surface area is 104 Å². The van der Waals surface area contributed by atoms with Crippen LogP contribution in [-0.2, 0) is 29.5 Å². The number of rotatable bonds is 1. The zero-order chi connectivity index (χ0) is 12.0. The van der Waals surface area contributed by atoms with Crippen molar-refractivity contribution in [3.05, 3.63) is 29.1 Å². The van der Waals surface area contributed by atoms with Crippen LogP contribution in [0.5, 0.6) is 0 Å². The van der Waals surface area contributed by atoms with Crippen LogP contribution >= 0.6 is 0 Å². The van der Waals surface area contributed by atoms with Gasteiger partial charge in [-0.25, -0.2) is 0 Å². The topological polar surface area (TPSA) is 13.1 Å². The summed E-state index contributed by atoms with van der Waals surface area (Å²) in [5.41, 5.74) is 4.72. The molecule has 1 aliphatic carbocycles. The second-order valence-electron chi connectivity index (χ2n) is 5.95. The van der Waals surface area contributed by atoms with Gasteiger partial charge in [-0.1, -0.05) is 0 Å². The zero-order valence-corrected chi connectivity index (χ0v) is 11.1. The van der Waals surface area contributed by atoms with Gasteiger partial charge in [-0.05, 0) is 39.2 Å². The highest BCUT2D eigenvalue weighted by molar-refractivity contribution is 5.25. The number of aryl methyl sites for hydroxylation is 1. The molecule has 0 bridgehead atoms. The molecule has 0 radical (unpaired) electrons. The van der Waals surface area contributed by atoms with Crippen molar-refractivity contribution in [1.29, 1.82) is 0 Å². The van der Waals surface area contributed by atoms with Gasteiger partial charge in [0.2, 0.25) is 0 Å². The maximum absolute atomic E-state index is 5.68. The summed E-state index contributed by atoms with van der Waals surface area (Å²) in [5.74, 6) is 0. The molecule has 0 amide bonds. The van der Waals surface area contributed by atoms with E-state index < -0.39 is 0 Å². The lowest BCUT2D eigenvalue weighted by Gasteiger charge is -2.20. The number of fused-ring (bicyclic) bond motifs is 3. The fraction of sp³-hybridized carbons (Fsp3) is 0.667. The summed E-state index contributed by atoms with van der Waals surface area (Å²) in [6, 6.07) is 4.67. The van der Waals surface area contributed by atoms with Gasteiger partial charge in [-0.15, -0.1) is 0 Å². The van der Waals surface area contributed by atoms with E-state index in [1.54, 1.807) is 11.3 Å². The molecule has 2 heteroatoms. The first-order valence-corrected chi connectivity index (χ1v) is 6.72. The first-order chi connectivity index (χ1) is 8.14. The lowest BCUT2D eigenvalue weighted by atomic mass is 9.85. The quantitative estimate of drug-likeness (QED) is 0.676. The third-order valence-electron chi connectivity index (χ3n) is 4.64. The van der Waals surface area contributed by atoms with E-state index in [0.29, 0.717) is 6.10 Å². The van der Waals surface area contributed by atoms with Crippen LogP contribution in [0.4, 0.5) is 0 Å². The summed E-state index contributed by atoms with van der Waals surface area (Å²) in [7, 11) is 1.84. The van der Waals surface area contributed by atoms with E-state index in [-0.39, 0.29) is 5.41 Å². The van der Waals surface area contributed by atoms with Gasteiger partial charge in [-0.2, -0.15) is 4.57 Å². The normalized spacial score (nSPS) is 25.5. The Balaban J connectivity index is 2.13. The predicted octanol–water partition coefficient (Wildman–Crippen LogP) is 2.16. The highest BCUT2D eigenvalue weighted by Gasteiger charge is 2.48. The number of methoxy groups -OCH3 is 1. The predicted molar refractivity (Wildman–Crippen MR) is 67.1 cm³/mol. The van der Waals surface area contributed by atoms with Crippen molar-refractivity contribution >= 4 is 0 Å². The second kappa shape index (κ2) is 3.81. The van der Waals surface area contributed by atoms with Crippen molar-refractivity contribution in [1.82, 2.24) is 0 Å². The van der Waals surface area contributed by atoms with Gasteiger partial charge in [0.25, 0.3) is 0 Å². The second-order valence-corrected chi connectivity index (χ2v) is 5.95. The van der Waals surface area contributed by atoms with Crippen molar-refractivity contribution in [3.8, 4) is 0 Å². The molecule has 0 N–H and O–H groups in total. The molecule has 0 aromatic carbocycles. The maximum Gasteiger partial charge on any atom is 0.190 e. The van der Waals surface area contributed by atoms with Gasteiger partial charge in [-0.3, -0.25) is 0 Å². The molecular formula is C15H22NO+. The van der Waals surface area contributed by atoms with Gasteiger partial charge in [0, 0.05) is 25.2 Å². The molecule has 2 aliphatic rings. The van der Waals surface area contributed by atoms with Crippen molar-refractivity contribution in [2.24, 2.45) is 0 Å². The molecule has 1 aromatic rings. The molecule has 1 atom stereocenters. The largest absolute Gasteiger partial charge is 0.374 e. The molecule has 1 aliphatic heterocycles. The van der Waals surface area contributed by atoms with E-state index in [1.807, 2.05) is 7.11 Å². The molecule has 2 heterocycles. The van der Waals surface area contributed by atoms with E-state index in [9.17, 15) is 0 Å². The monoisotopic (exact) mass is 232 g/mol. The molecular weight excluding hydrogens is 210 g/mol. The van der Waals surface area contributed by atoms with Crippen LogP contribution in [0.15, 0.2) is 12.1 Å². The number of aromatic nitrogens is 1. The number of pyridine rings is 1. The van der Waals surface area contributed by atoms with Crippen molar-refractivity contribution in [3.63, 3.8) is 0 Å². The third-order valence-corrected chi connectivity index (χ3v) is 4.64. The van der Waals surface area contributed by atoms with Crippen molar-refractivity contribution < 1.29 is 9.30 Å². The Bertz CT molecular complexity index is 450. The molecule has 0 spiro atoms. The molecule has 3 rings (SSSR count). The fourth-order valence-corrected chi connectivity index (χ4v) is 3.51. The number of hydrogen-bond donors (Lipinski definition) is 0. The molecule has 0 saturated heterocycles. The molecule has 1 unspecified atom stereocenters. The Hall–Kier alpha value is -0.890. The van der Waals surface area contributed by atoms with E-state index in [2.05, 4.69) is 30.5 Å². The zero-order valence-electron chi connectivity index (χ0n) is 11.1. The summed E-state index contributed by atoms with van der Waals surface area (Å²) in [4.78, 5) is 0. The van der Waals surface area contributed by atoms with Crippen LogP contribution in [0.2, 0.25) is 0 Å².